The van der Waals surface area contributed by atoms with E-state index in [1.54, 1.807) is 6.26 Å². The fourth-order valence-electron chi connectivity index (χ4n) is 1.39. The van der Waals surface area contributed by atoms with Gasteiger partial charge in [0.2, 0.25) is 0 Å². The highest BCUT2D eigenvalue weighted by molar-refractivity contribution is 5.15. The van der Waals surface area contributed by atoms with Gasteiger partial charge in [0.15, 0.2) is 0 Å². The molecule has 0 spiro atoms. The van der Waals surface area contributed by atoms with Gasteiger partial charge in [-0.25, -0.2) is 0 Å². The van der Waals surface area contributed by atoms with Gasteiger partial charge in [-0.2, -0.15) is 0 Å². The lowest BCUT2D eigenvalue weighted by Gasteiger charge is -2.06. The molecule has 0 atom stereocenters. The Bertz CT molecular complexity index is 281. The van der Waals surface area contributed by atoms with Gasteiger partial charge < -0.3 is 14.5 Å². The van der Waals surface area contributed by atoms with Gasteiger partial charge >= 0.3 is 0 Å². The molecule has 1 aromatic heterocycles. The van der Waals surface area contributed by atoms with Crippen molar-refractivity contribution in [2.24, 2.45) is 5.92 Å². The second-order valence-corrected chi connectivity index (χ2v) is 4.38. The molecule has 0 saturated heterocycles. The molecule has 92 valence electrons. The van der Waals surface area contributed by atoms with Crippen molar-refractivity contribution in [2.75, 3.05) is 13.2 Å². The van der Waals surface area contributed by atoms with Crippen LogP contribution in [-0.2, 0) is 17.9 Å². The summed E-state index contributed by atoms with van der Waals surface area (Å²) in [7, 11) is 0. The molecule has 0 fully saturated rings. The van der Waals surface area contributed by atoms with Crippen LogP contribution in [0.5, 0.6) is 0 Å². The minimum Gasteiger partial charge on any atom is -0.468 e. The molecule has 0 bridgehead atoms. The zero-order chi connectivity index (χ0) is 11.8. The molecule has 0 saturated carbocycles. The predicted octanol–water partition coefficient (Wildman–Crippen LogP) is 2.95. The number of nitrogens with one attached hydrogen (secondary N) is 1. The Hall–Kier alpha value is -0.800. The summed E-state index contributed by atoms with van der Waals surface area (Å²) in [5.74, 6) is 1.69. The molecule has 1 heterocycles. The molecule has 0 unspecified atom stereocenters. The SMILES string of the molecule is CCNCc1occc1COCCC(C)C. The Morgan fingerprint density at radius 2 is 2.25 bits per heavy atom. The quantitative estimate of drug-likeness (QED) is 0.691. The van der Waals surface area contributed by atoms with Gasteiger partial charge in [-0.15, -0.1) is 0 Å². The number of hydrogen-bond donors (Lipinski definition) is 1. The maximum absolute atomic E-state index is 5.62. The van der Waals surface area contributed by atoms with Gasteiger partial charge in [0.25, 0.3) is 0 Å². The van der Waals surface area contributed by atoms with E-state index >= 15 is 0 Å². The summed E-state index contributed by atoms with van der Waals surface area (Å²) in [6.45, 7) is 9.71. The molecule has 3 nitrogen and oxygen atoms in total. The van der Waals surface area contributed by atoms with E-state index in [1.165, 1.54) is 0 Å². The van der Waals surface area contributed by atoms with Crippen LogP contribution in [0.15, 0.2) is 16.7 Å². The van der Waals surface area contributed by atoms with Gasteiger partial charge in [-0.05, 0) is 24.9 Å². The summed E-state index contributed by atoms with van der Waals surface area (Å²) in [6, 6.07) is 1.99. The van der Waals surface area contributed by atoms with Crippen LogP contribution in [0.2, 0.25) is 0 Å². The summed E-state index contributed by atoms with van der Waals surface area (Å²) in [4.78, 5) is 0. The second kappa shape index (κ2) is 7.47. The van der Waals surface area contributed by atoms with Crippen molar-refractivity contribution >= 4 is 0 Å². The van der Waals surface area contributed by atoms with Crippen molar-refractivity contribution in [1.29, 1.82) is 0 Å². The van der Waals surface area contributed by atoms with Crippen molar-refractivity contribution in [1.82, 2.24) is 5.32 Å². The first-order valence-corrected chi connectivity index (χ1v) is 6.07. The molecule has 0 aliphatic rings. The largest absolute Gasteiger partial charge is 0.468 e. The smallest absolute Gasteiger partial charge is 0.123 e. The van der Waals surface area contributed by atoms with E-state index in [-0.39, 0.29) is 0 Å². The van der Waals surface area contributed by atoms with Gasteiger partial charge in [0, 0.05) is 12.2 Å². The summed E-state index contributed by atoms with van der Waals surface area (Å²) in [6.07, 6.45) is 2.84. The maximum atomic E-state index is 5.62. The van der Waals surface area contributed by atoms with Crippen LogP contribution in [0, 0.1) is 5.92 Å². The monoisotopic (exact) mass is 225 g/mol. The lowest BCUT2D eigenvalue weighted by Crippen LogP contribution is -2.12. The molecule has 0 amide bonds. The van der Waals surface area contributed by atoms with E-state index in [0.717, 1.165) is 37.4 Å². The third-order valence-corrected chi connectivity index (χ3v) is 2.47. The third kappa shape index (κ3) is 4.81. The molecule has 0 aromatic carbocycles. The summed E-state index contributed by atoms with van der Waals surface area (Å²) >= 11 is 0. The molecule has 1 N–H and O–H groups in total. The standard InChI is InChI=1S/C13H23NO2/c1-4-14-9-13-12(6-8-16-13)10-15-7-5-11(2)3/h6,8,11,14H,4-5,7,9-10H2,1-3H3. The number of ether oxygens (including phenoxy) is 1. The van der Waals surface area contributed by atoms with Crippen LogP contribution in [0.25, 0.3) is 0 Å². The highest BCUT2D eigenvalue weighted by Gasteiger charge is 2.05. The van der Waals surface area contributed by atoms with Crippen LogP contribution in [0.1, 0.15) is 38.5 Å². The molecule has 0 aliphatic carbocycles. The van der Waals surface area contributed by atoms with Crippen LogP contribution in [0.3, 0.4) is 0 Å². The molecular formula is C13H23NO2. The molecule has 16 heavy (non-hydrogen) atoms. The first-order valence-electron chi connectivity index (χ1n) is 6.07. The molecule has 1 aromatic rings. The van der Waals surface area contributed by atoms with Crippen molar-refractivity contribution in [3.63, 3.8) is 0 Å². The topological polar surface area (TPSA) is 34.4 Å². The Morgan fingerprint density at radius 1 is 1.44 bits per heavy atom. The van der Waals surface area contributed by atoms with Crippen LogP contribution in [0.4, 0.5) is 0 Å². The highest BCUT2D eigenvalue weighted by Crippen LogP contribution is 2.12. The zero-order valence-electron chi connectivity index (χ0n) is 10.6. The lowest BCUT2D eigenvalue weighted by molar-refractivity contribution is 0.109. The molecule has 1 rings (SSSR count). The summed E-state index contributed by atoms with van der Waals surface area (Å²) < 4.78 is 11.0. The van der Waals surface area contributed by atoms with Crippen molar-refractivity contribution < 1.29 is 9.15 Å². The minimum atomic E-state index is 0.657. The number of rotatable bonds is 8. The third-order valence-electron chi connectivity index (χ3n) is 2.47. The van der Waals surface area contributed by atoms with E-state index in [9.17, 15) is 0 Å². The fourth-order valence-corrected chi connectivity index (χ4v) is 1.39. The molecule has 3 heteroatoms. The Kier molecular flexibility index (Phi) is 6.19. The van der Waals surface area contributed by atoms with E-state index in [1.807, 2.05) is 6.07 Å². The van der Waals surface area contributed by atoms with Crippen LogP contribution >= 0.6 is 0 Å². The van der Waals surface area contributed by atoms with Crippen molar-refractivity contribution in [3.8, 4) is 0 Å². The lowest BCUT2D eigenvalue weighted by atomic mass is 10.1. The Morgan fingerprint density at radius 3 is 2.94 bits per heavy atom. The average molecular weight is 225 g/mol. The van der Waals surface area contributed by atoms with Crippen molar-refractivity contribution in [3.05, 3.63) is 23.7 Å². The minimum absolute atomic E-state index is 0.657. The molecular weight excluding hydrogens is 202 g/mol. The van der Waals surface area contributed by atoms with Gasteiger partial charge in [-0.3, -0.25) is 0 Å². The van der Waals surface area contributed by atoms with Gasteiger partial charge in [0.05, 0.1) is 19.4 Å². The average Bonchev–Trinajstić information content (AvgIpc) is 2.69. The van der Waals surface area contributed by atoms with E-state index in [4.69, 9.17) is 9.15 Å². The van der Waals surface area contributed by atoms with Crippen LogP contribution < -0.4 is 5.32 Å². The Balaban J connectivity index is 2.27. The normalized spacial score (nSPS) is 11.2. The number of hydrogen-bond acceptors (Lipinski definition) is 3. The molecule has 0 aliphatic heterocycles. The highest BCUT2D eigenvalue weighted by atomic mass is 16.5. The predicted molar refractivity (Wildman–Crippen MR) is 65.2 cm³/mol. The summed E-state index contributed by atoms with van der Waals surface area (Å²) in [5, 5.41) is 3.25. The maximum Gasteiger partial charge on any atom is 0.123 e. The van der Waals surface area contributed by atoms with Crippen molar-refractivity contribution in [2.45, 2.75) is 40.3 Å². The second-order valence-electron chi connectivity index (χ2n) is 4.38. The fraction of sp³-hybridized carbons (Fsp3) is 0.692. The summed E-state index contributed by atoms with van der Waals surface area (Å²) in [5.41, 5.74) is 1.16. The van der Waals surface area contributed by atoms with Gasteiger partial charge in [0.1, 0.15) is 5.76 Å². The number of furan rings is 1. The van der Waals surface area contributed by atoms with E-state index in [2.05, 4.69) is 26.1 Å². The molecule has 0 radical (unpaired) electrons. The van der Waals surface area contributed by atoms with E-state index < -0.39 is 0 Å². The zero-order valence-corrected chi connectivity index (χ0v) is 10.6. The first kappa shape index (κ1) is 13.3. The first-order chi connectivity index (χ1) is 7.74. The van der Waals surface area contributed by atoms with Crippen LogP contribution in [-0.4, -0.2) is 13.2 Å². The van der Waals surface area contributed by atoms with Gasteiger partial charge in [-0.1, -0.05) is 20.8 Å². The Labute approximate surface area is 98.2 Å². The van der Waals surface area contributed by atoms with E-state index in [0.29, 0.717) is 12.5 Å².